The Bertz CT molecular complexity index is 3110. The summed E-state index contributed by atoms with van der Waals surface area (Å²) in [6.07, 6.45) is 2.30. The molecule has 1 aliphatic carbocycles. The van der Waals surface area contributed by atoms with Gasteiger partial charge in [-0.1, -0.05) is 166 Å². The van der Waals surface area contributed by atoms with Crippen LogP contribution in [0.3, 0.4) is 0 Å². The first-order valence-electron chi connectivity index (χ1n) is 23.3. The van der Waals surface area contributed by atoms with Crippen LogP contribution in [0.5, 0.6) is 0 Å². The monoisotopic (exact) mass is 834 g/mol. The minimum absolute atomic E-state index is 0.0246. The maximum absolute atomic E-state index is 7.47. The Balaban J connectivity index is 1.25. The molecular weight excluding hydrogens is 775 g/mol. The van der Waals surface area contributed by atoms with E-state index in [9.17, 15) is 0 Å². The normalized spacial score (nSPS) is 16.0. The van der Waals surface area contributed by atoms with Crippen molar-refractivity contribution in [1.82, 2.24) is 0 Å². The van der Waals surface area contributed by atoms with E-state index in [1.807, 2.05) is 0 Å². The maximum atomic E-state index is 7.47. The van der Waals surface area contributed by atoms with Crippen LogP contribution in [-0.4, -0.2) is 6.71 Å². The highest BCUT2D eigenvalue weighted by molar-refractivity contribution is 7.01. The minimum Gasteiger partial charge on any atom is -0.440 e. The summed E-state index contributed by atoms with van der Waals surface area (Å²) < 4.78 is 7.47. The van der Waals surface area contributed by atoms with Gasteiger partial charge in [0.15, 0.2) is 0 Å². The number of hydrogen-bond acceptors (Lipinski definition) is 3. The standard InChI is InChI=1S/C60H59BN2O/c1-57(2,3)42-24-28-45(29-25-42)63-52-35-43(58(4,5)6)34-51-55(52)61(54-46-36-47-48(37-53(46)64-56(54)63)60(9,10)32-31-59(47,7)8)49-33-41(39-19-15-12-16-20-39)23-30-50(49)62(51)44-26-21-40(22-27-44)38-17-13-11-14-18-38/h11-30,33-37H,31-32H2,1-10H3. The van der Waals surface area contributed by atoms with E-state index >= 15 is 0 Å². The number of nitrogens with zero attached hydrogens (tertiary/aromatic N) is 2. The Morgan fingerprint density at radius 1 is 0.469 bits per heavy atom. The second kappa shape index (κ2) is 14.1. The van der Waals surface area contributed by atoms with Crippen molar-refractivity contribution in [3.63, 3.8) is 0 Å². The number of furan rings is 1. The molecule has 0 amide bonds. The summed E-state index contributed by atoms with van der Waals surface area (Å²) in [5.41, 5.74) is 20.9. The quantitative estimate of drug-likeness (QED) is 0.165. The summed E-state index contributed by atoms with van der Waals surface area (Å²) in [7, 11) is 0. The SMILES string of the molecule is CC(C)(C)c1ccc(N2c3cc(C(C)(C)C)cc4c3B(c3cc(-c5ccccc5)ccc3N4c3ccc(-c4ccccc4)cc3)c3c2oc2cc4c(cc32)C(C)(C)CCC4(C)C)cc1. The highest BCUT2D eigenvalue weighted by Crippen LogP contribution is 2.51. The lowest BCUT2D eigenvalue weighted by Gasteiger charge is -2.44. The molecule has 0 fully saturated rings. The van der Waals surface area contributed by atoms with Gasteiger partial charge in [0.25, 0.3) is 6.71 Å². The molecular formula is C60H59BN2O. The summed E-state index contributed by atoms with van der Waals surface area (Å²) in [4.78, 5) is 5.01. The fourth-order valence-corrected chi connectivity index (χ4v) is 10.9. The largest absolute Gasteiger partial charge is 0.440 e. The molecule has 64 heavy (non-hydrogen) atoms. The molecule has 0 radical (unpaired) electrons. The average molecular weight is 835 g/mol. The molecule has 7 aromatic carbocycles. The zero-order chi connectivity index (χ0) is 44.5. The third-order valence-corrected chi connectivity index (χ3v) is 14.9. The average Bonchev–Trinajstić information content (AvgIpc) is 3.65. The molecule has 0 bridgehead atoms. The van der Waals surface area contributed by atoms with E-state index in [-0.39, 0.29) is 28.4 Å². The lowest BCUT2D eigenvalue weighted by Crippen LogP contribution is -2.61. The van der Waals surface area contributed by atoms with Crippen molar-refractivity contribution < 1.29 is 4.42 Å². The van der Waals surface area contributed by atoms with Gasteiger partial charge in [0.2, 0.25) is 5.88 Å². The second-order valence-electron chi connectivity index (χ2n) is 22.1. The zero-order valence-electron chi connectivity index (χ0n) is 39.2. The van der Waals surface area contributed by atoms with E-state index in [0.29, 0.717) is 0 Å². The lowest BCUT2D eigenvalue weighted by molar-refractivity contribution is 0.332. The van der Waals surface area contributed by atoms with E-state index in [4.69, 9.17) is 4.42 Å². The third-order valence-electron chi connectivity index (χ3n) is 14.9. The summed E-state index contributed by atoms with van der Waals surface area (Å²) in [5, 5.41) is 1.22. The Morgan fingerprint density at radius 2 is 0.969 bits per heavy atom. The molecule has 0 unspecified atom stereocenters. The van der Waals surface area contributed by atoms with Gasteiger partial charge in [0.05, 0.1) is 0 Å². The van der Waals surface area contributed by atoms with Crippen LogP contribution in [-0.2, 0) is 21.7 Å². The van der Waals surface area contributed by atoms with Crippen molar-refractivity contribution in [2.75, 3.05) is 9.80 Å². The first kappa shape index (κ1) is 40.5. The van der Waals surface area contributed by atoms with Gasteiger partial charge in [0.1, 0.15) is 5.58 Å². The smallest absolute Gasteiger partial charge is 0.257 e. The summed E-state index contributed by atoms with van der Waals surface area (Å²) in [6.45, 7) is 23.5. The molecule has 318 valence electrons. The van der Waals surface area contributed by atoms with Crippen molar-refractivity contribution in [1.29, 1.82) is 0 Å². The van der Waals surface area contributed by atoms with Crippen molar-refractivity contribution in [3.05, 3.63) is 174 Å². The predicted octanol–water partition coefficient (Wildman–Crippen LogP) is 14.8. The first-order valence-corrected chi connectivity index (χ1v) is 23.3. The maximum Gasteiger partial charge on any atom is 0.257 e. The fraction of sp³-hybridized carbons (Fsp3) is 0.267. The zero-order valence-corrected chi connectivity index (χ0v) is 39.2. The Morgan fingerprint density at radius 3 is 1.56 bits per heavy atom. The molecule has 0 N–H and O–H groups in total. The summed E-state index contributed by atoms with van der Waals surface area (Å²) in [6, 6.07) is 57.1. The number of anilines is 6. The molecule has 11 rings (SSSR count). The van der Waals surface area contributed by atoms with Crippen molar-refractivity contribution >= 4 is 68.4 Å². The fourth-order valence-electron chi connectivity index (χ4n) is 10.9. The van der Waals surface area contributed by atoms with Gasteiger partial charge >= 0.3 is 0 Å². The van der Waals surface area contributed by atoms with Crippen LogP contribution in [0.4, 0.5) is 34.3 Å². The van der Waals surface area contributed by atoms with E-state index in [1.165, 1.54) is 83.3 Å². The molecule has 3 nitrogen and oxygen atoms in total. The molecule has 1 aromatic heterocycles. The number of rotatable bonds is 4. The molecule has 4 heteroatoms. The van der Waals surface area contributed by atoms with Crippen LogP contribution in [0.15, 0.2) is 156 Å². The highest BCUT2D eigenvalue weighted by atomic mass is 16.4. The highest BCUT2D eigenvalue weighted by Gasteiger charge is 2.48. The molecule has 3 aliphatic rings. The molecule has 0 atom stereocenters. The van der Waals surface area contributed by atoms with Crippen LogP contribution >= 0.6 is 0 Å². The van der Waals surface area contributed by atoms with Gasteiger partial charge in [0, 0.05) is 39.3 Å². The van der Waals surface area contributed by atoms with Gasteiger partial charge < -0.3 is 9.32 Å². The summed E-state index contributed by atoms with van der Waals surface area (Å²) >= 11 is 0. The topological polar surface area (TPSA) is 19.6 Å². The van der Waals surface area contributed by atoms with Gasteiger partial charge in [-0.05, 0) is 145 Å². The van der Waals surface area contributed by atoms with E-state index in [2.05, 4.69) is 231 Å². The Labute approximate surface area is 380 Å². The van der Waals surface area contributed by atoms with Crippen molar-refractivity contribution in [3.8, 4) is 22.3 Å². The van der Waals surface area contributed by atoms with Crippen LogP contribution in [0, 0.1) is 0 Å². The molecule has 0 spiro atoms. The molecule has 3 heterocycles. The van der Waals surface area contributed by atoms with Gasteiger partial charge in [-0.2, -0.15) is 0 Å². The molecule has 8 aromatic rings. The van der Waals surface area contributed by atoms with Crippen LogP contribution in [0.2, 0.25) is 0 Å². The van der Waals surface area contributed by atoms with Crippen LogP contribution < -0.4 is 26.2 Å². The Hall–Kier alpha value is -6.26. The van der Waals surface area contributed by atoms with E-state index < -0.39 is 0 Å². The van der Waals surface area contributed by atoms with E-state index in [0.717, 1.165) is 35.7 Å². The third kappa shape index (κ3) is 6.39. The minimum atomic E-state index is -0.132. The summed E-state index contributed by atoms with van der Waals surface area (Å²) in [5.74, 6) is 0.919. The first-order chi connectivity index (χ1) is 30.5. The van der Waals surface area contributed by atoms with Crippen LogP contribution in [0.25, 0.3) is 33.2 Å². The van der Waals surface area contributed by atoms with Gasteiger partial charge in [-0.15, -0.1) is 0 Å². The van der Waals surface area contributed by atoms with Gasteiger partial charge in [-0.3, -0.25) is 4.90 Å². The van der Waals surface area contributed by atoms with Crippen molar-refractivity contribution in [2.45, 2.75) is 104 Å². The molecule has 0 saturated carbocycles. The van der Waals surface area contributed by atoms with Crippen LogP contribution in [0.1, 0.15) is 104 Å². The predicted molar refractivity (Wildman–Crippen MR) is 274 cm³/mol. The number of benzene rings is 7. The second-order valence-corrected chi connectivity index (χ2v) is 22.1. The molecule has 0 saturated heterocycles. The number of fused-ring (bicyclic) bond motifs is 7. The van der Waals surface area contributed by atoms with Gasteiger partial charge in [-0.25, -0.2) is 0 Å². The van der Waals surface area contributed by atoms with E-state index in [1.54, 1.807) is 0 Å². The molecule has 2 aliphatic heterocycles. The Kier molecular flexibility index (Phi) is 8.94. The lowest BCUT2D eigenvalue weighted by atomic mass is 9.33. The number of hydrogen-bond donors (Lipinski definition) is 0. The van der Waals surface area contributed by atoms with Crippen molar-refractivity contribution in [2.24, 2.45) is 0 Å².